The molecule has 0 aromatic heterocycles. The van der Waals surface area contributed by atoms with Gasteiger partial charge < -0.3 is 20.1 Å². The zero-order valence-corrected chi connectivity index (χ0v) is 14.2. The number of ether oxygens (including phenoxy) is 1. The van der Waals surface area contributed by atoms with Gasteiger partial charge >= 0.3 is 6.03 Å². The average molecular weight is 340 g/mol. The molecule has 2 aromatic carbocycles. The van der Waals surface area contributed by atoms with E-state index in [0.717, 1.165) is 29.7 Å². The third kappa shape index (κ3) is 4.73. The fourth-order valence-electron chi connectivity index (χ4n) is 3.02. The minimum Gasteiger partial charge on any atom is -0.489 e. The van der Waals surface area contributed by atoms with Gasteiger partial charge in [-0.15, -0.1) is 0 Å². The van der Waals surface area contributed by atoms with E-state index in [4.69, 9.17) is 4.74 Å². The standard InChI is InChI=1S/C20H24N2O3/c23-14-18-7-4-12-22(18)20(24)21-13-16-8-10-19(11-9-16)25-15-17-5-2-1-3-6-17/h1-3,5-6,8-11,18,23H,4,7,12-15H2,(H,21,24)/t18-/m0/s1. The maximum atomic E-state index is 12.2. The van der Waals surface area contributed by atoms with E-state index in [1.54, 1.807) is 4.90 Å². The molecule has 3 rings (SSSR count). The number of carbonyl (C=O) groups is 1. The molecule has 0 aliphatic carbocycles. The number of hydrogen-bond acceptors (Lipinski definition) is 3. The lowest BCUT2D eigenvalue weighted by Gasteiger charge is -2.23. The smallest absolute Gasteiger partial charge is 0.317 e. The molecule has 2 aromatic rings. The molecule has 0 unspecified atom stereocenters. The zero-order valence-electron chi connectivity index (χ0n) is 14.2. The molecule has 1 saturated heterocycles. The first-order chi connectivity index (χ1) is 12.3. The second-order valence-electron chi connectivity index (χ2n) is 6.25. The summed E-state index contributed by atoms with van der Waals surface area (Å²) in [6, 6.07) is 17.6. The Morgan fingerprint density at radius 3 is 2.60 bits per heavy atom. The summed E-state index contributed by atoms with van der Waals surface area (Å²) in [6.45, 7) is 1.74. The van der Waals surface area contributed by atoms with E-state index in [2.05, 4.69) is 5.32 Å². The molecule has 1 atom stereocenters. The summed E-state index contributed by atoms with van der Waals surface area (Å²) < 4.78 is 5.76. The van der Waals surface area contributed by atoms with Gasteiger partial charge in [0.05, 0.1) is 12.6 Å². The highest BCUT2D eigenvalue weighted by molar-refractivity contribution is 5.74. The van der Waals surface area contributed by atoms with Crippen LogP contribution in [-0.4, -0.2) is 35.2 Å². The van der Waals surface area contributed by atoms with Gasteiger partial charge in [0.1, 0.15) is 12.4 Å². The highest BCUT2D eigenvalue weighted by Gasteiger charge is 2.27. The van der Waals surface area contributed by atoms with Gasteiger partial charge in [-0.25, -0.2) is 4.79 Å². The van der Waals surface area contributed by atoms with Crippen LogP contribution in [0.1, 0.15) is 24.0 Å². The van der Waals surface area contributed by atoms with Gasteiger partial charge in [0.25, 0.3) is 0 Å². The van der Waals surface area contributed by atoms with Gasteiger partial charge in [-0.1, -0.05) is 42.5 Å². The molecule has 1 aliphatic heterocycles. The number of benzene rings is 2. The molecule has 0 radical (unpaired) electrons. The summed E-state index contributed by atoms with van der Waals surface area (Å²) in [5, 5.41) is 12.2. The predicted molar refractivity (Wildman–Crippen MR) is 96.3 cm³/mol. The van der Waals surface area contributed by atoms with Crippen LogP contribution in [0.3, 0.4) is 0 Å². The SMILES string of the molecule is O=C(NCc1ccc(OCc2ccccc2)cc1)N1CCC[C@H]1CO. The number of amides is 2. The summed E-state index contributed by atoms with van der Waals surface area (Å²) in [5.74, 6) is 0.804. The maximum absolute atomic E-state index is 12.2. The van der Waals surface area contributed by atoms with Gasteiger partial charge in [-0.05, 0) is 36.1 Å². The number of likely N-dealkylation sites (tertiary alicyclic amines) is 1. The Hall–Kier alpha value is -2.53. The lowest BCUT2D eigenvalue weighted by Crippen LogP contribution is -2.43. The summed E-state index contributed by atoms with van der Waals surface area (Å²) in [4.78, 5) is 13.9. The van der Waals surface area contributed by atoms with Crippen molar-refractivity contribution >= 4 is 6.03 Å². The Morgan fingerprint density at radius 2 is 1.88 bits per heavy atom. The number of rotatable bonds is 6. The van der Waals surface area contributed by atoms with Crippen LogP contribution in [0.5, 0.6) is 5.75 Å². The van der Waals surface area contributed by atoms with Crippen molar-refractivity contribution < 1.29 is 14.6 Å². The molecule has 0 bridgehead atoms. The van der Waals surface area contributed by atoms with E-state index in [0.29, 0.717) is 19.7 Å². The molecule has 2 N–H and O–H groups in total. The van der Waals surface area contributed by atoms with Gasteiger partial charge in [0.2, 0.25) is 0 Å². The molecule has 5 nitrogen and oxygen atoms in total. The van der Waals surface area contributed by atoms with E-state index in [1.807, 2.05) is 54.6 Å². The Balaban J connectivity index is 1.47. The molecule has 0 spiro atoms. The van der Waals surface area contributed by atoms with Crippen LogP contribution >= 0.6 is 0 Å². The van der Waals surface area contributed by atoms with Gasteiger partial charge in [0, 0.05) is 13.1 Å². The van der Waals surface area contributed by atoms with Crippen molar-refractivity contribution in [1.82, 2.24) is 10.2 Å². The van der Waals surface area contributed by atoms with E-state index >= 15 is 0 Å². The van der Waals surface area contributed by atoms with Crippen molar-refractivity contribution in [2.75, 3.05) is 13.2 Å². The van der Waals surface area contributed by atoms with Crippen LogP contribution in [0.4, 0.5) is 4.79 Å². The van der Waals surface area contributed by atoms with Crippen LogP contribution in [-0.2, 0) is 13.2 Å². The average Bonchev–Trinajstić information content (AvgIpc) is 3.15. The Bertz CT molecular complexity index is 673. The molecule has 5 heteroatoms. The molecule has 1 heterocycles. The maximum Gasteiger partial charge on any atom is 0.317 e. The lowest BCUT2D eigenvalue weighted by molar-refractivity contribution is 0.157. The van der Waals surface area contributed by atoms with Crippen molar-refractivity contribution in [3.05, 3.63) is 65.7 Å². The normalized spacial score (nSPS) is 16.7. The molecule has 1 fully saturated rings. The van der Waals surface area contributed by atoms with E-state index in [-0.39, 0.29) is 18.7 Å². The fourth-order valence-corrected chi connectivity index (χ4v) is 3.02. The monoisotopic (exact) mass is 340 g/mol. The largest absolute Gasteiger partial charge is 0.489 e. The lowest BCUT2D eigenvalue weighted by atomic mass is 10.2. The Labute approximate surface area is 148 Å². The van der Waals surface area contributed by atoms with Crippen LogP contribution in [0.15, 0.2) is 54.6 Å². The molecule has 2 amide bonds. The van der Waals surface area contributed by atoms with Gasteiger partial charge in [-0.3, -0.25) is 0 Å². The first-order valence-electron chi connectivity index (χ1n) is 8.67. The van der Waals surface area contributed by atoms with Crippen LogP contribution < -0.4 is 10.1 Å². The van der Waals surface area contributed by atoms with Crippen LogP contribution in [0.2, 0.25) is 0 Å². The molecular formula is C20H24N2O3. The number of aliphatic hydroxyl groups excluding tert-OH is 1. The molecule has 1 aliphatic rings. The Morgan fingerprint density at radius 1 is 1.12 bits per heavy atom. The molecule has 0 saturated carbocycles. The van der Waals surface area contributed by atoms with Gasteiger partial charge in [0.15, 0.2) is 0 Å². The molecule has 25 heavy (non-hydrogen) atoms. The third-order valence-electron chi connectivity index (χ3n) is 4.46. The highest BCUT2D eigenvalue weighted by Crippen LogP contribution is 2.17. The van der Waals surface area contributed by atoms with E-state index in [1.165, 1.54) is 0 Å². The third-order valence-corrected chi connectivity index (χ3v) is 4.46. The minimum absolute atomic E-state index is 0.0286. The van der Waals surface area contributed by atoms with Gasteiger partial charge in [-0.2, -0.15) is 0 Å². The summed E-state index contributed by atoms with van der Waals surface area (Å²) in [5.41, 5.74) is 2.14. The Kier molecular flexibility index (Phi) is 5.90. The second kappa shape index (κ2) is 8.53. The van der Waals surface area contributed by atoms with E-state index in [9.17, 15) is 9.90 Å². The molecular weight excluding hydrogens is 316 g/mol. The van der Waals surface area contributed by atoms with Crippen LogP contribution in [0.25, 0.3) is 0 Å². The highest BCUT2D eigenvalue weighted by atomic mass is 16.5. The minimum atomic E-state index is -0.110. The zero-order chi connectivity index (χ0) is 17.5. The predicted octanol–water partition coefficient (Wildman–Crippen LogP) is 2.93. The number of hydrogen-bond donors (Lipinski definition) is 2. The quantitative estimate of drug-likeness (QED) is 0.850. The fraction of sp³-hybridized carbons (Fsp3) is 0.350. The van der Waals surface area contributed by atoms with Crippen molar-refractivity contribution in [2.45, 2.75) is 32.0 Å². The van der Waals surface area contributed by atoms with E-state index < -0.39 is 0 Å². The first-order valence-corrected chi connectivity index (χ1v) is 8.67. The van der Waals surface area contributed by atoms with Crippen molar-refractivity contribution in [3.8, 4) is 5.75 Å². The topological polar surface area (TPSA) is 61.8 Å². The number of urea groups is 1. The number of nitrogens with zero attached hydrogens (tertiary/aromatic N) is 1. The summed E-state index contributed by atoms with van der Waals surface area (Å²) in [7, 11) is 0. The first kappa shape index (κ1) is 17.3. The van der Waals surface area contributed by atoms with Crippen molar-refractivity contribution in [1.29, 1.82) is 0 Å². The number of carbonyl (C=O) groups excluding carboxylic acids is 1. The number of nitrogens with one attached hydrogen (secondary N) is 1. The van der Waals surface area contributed by atoms with Crippen molar-refractivity contribution in [3.63, 3.8) is 0 Å². The number of aliphatic hydroxyl groups is 1. The summed E-state index contributed by atoms with van der Waals surface area (Å²) >= 11 is 0. The second-order valence-corrected chi connectivity index (χ2v) is 6.25. The summed E-state index contributed by atoms with van der Waals surface area (Å²) in [6.07, 6.45) is 1.82. The van der Waals surface area contributed by atoms with Crippen LogP contribution in [0, 0.1) is 0 Å². The van der Waals surface area contributed by atoms with Crippen molar-refractivity contribution in [2.24, 2.45) is 0 Å². The molecule has 132 valence electrons.